The minimum absolute atomic E-state index is 0.0206. The van der Waals surface area contributed by atoms with E-state index in [0.717, 1.165) is 52.3 Å². The molecule has 0 radical (unpaired) electrons. The number of carbonyl (C=O) groups is 1. The molecule has 158 valence electrons. The standard InChI is InChI=1S/C24H28ClN3O2/c1-17-20(25)9-6-10-21(17)27-12-7-13-28(15-14-27)24(29)23-19(16-26(2)3)18-8-4-5-11-22(18)30-23/h4-6,8-11H,7,12-16H2,1-3H3. The molecule has 4 rings (SSSR count). The molecule has 3 aromatic rings. The number of furan rings is 1. The second-order valence-corrected chi connectivity index (χ2v) is 8.57. The third kappa shape index (κ3) is 4.05. The fourth-order valence-corrected chi connectivity index (χ4v) is 4.36. The molecular formula is C24H28ClN3O2. The summed E-state index contributed by atoms with van der Waals surface area (Å²) in [5.41, 5.74) is 3.97. The predicted molar refractivity (Wildman–Crippen MR) is 123 cm³/mol. The minimum atomic E-state index is -0.0206. The molecule has 1 fully saturated rings. The first-order chi connectivity index (χ1) is 14.5. The highest BCUT2D eigenvalue weighted by atomic mass is 35.5. The first-order valence-electron chi connectivity index (χ1n) is 10.4. The molecule has 0 bridgehead atoms. The van der Waals surface area contributed by atoms with Gasteiger partial charge >= 0.3 is 0 Å². The molecule has 30 heavy (non-hydrogen) atoms. The number of halogens is 1. The van der Waals surface area contributed by atoms with E-state index in [9.17, 15) is 4.79 Å². The van der Waals surface area contributed by atoms with Crippen molar-refractivity contribution < 1.29 is 9.21 Å². The maximum absolute atomic E-state index is 13.5. The zero-order chi connectivity index (χ0) is 21.3. The molecule has 1 aliphatic rings. The van der Waals surface area contributed by atoms with E-state index in [-0.39, 0.29) is 5.91 Å². The Morgan fingerprint density at radius 3 is 2.67 bits per heavy atom. The Morgan fingerprint density at radius 2 is 1.87 bits per heavy atom. The van der Waals surface area contributed by atoms with Gasteiger partial charge in [0.05, 0.1) is 0 Å². The lowest BCUT2D eigenvalue weighted by atomic mass is 10.1. The summed E-state index contributed by atoms with van der Waals surface area (Å²) in [5, 5.41) is 1.79. The lowest BCUT2D eigenvalue weighted by Crippen LogP contribution is -2.35. The highest BCUT2D eigenvalue weighted by molar-refractivity contribution is 6.31. The molecule has 0 spiro atoms. The number of carbonyl (C=O) groups excluding carboxylic acids is 1. The summed E-state index contributed by atoms with van der Waals surface area (Å²) >= 11 is 6.32. The molecule has 1 aromatic heterocycles. The number of hydrogen-bond acceptors (Lipinski definition) is 4. The summed E-state index contributed by atoms with van der Waals surface area (Å²) in [5.74, 6) is 0.449. The summed E-state index contributed by atoms with van der Waals surface area (Å²) in [4.78, 5) is 19.8. The SMILES string of the molecule is Cc1c(Cl)cccc1N1CCCN(C(=O)c2oc3ccccc3c2CN(C)C)CC1. The summed E-state index contributed by atoms with van der Waals surface area (Å²) in [6, 6.07) is 13.9. The number of anilines is 1. The third-order valence-electron chi connectivity index (χ3n) is 5.73. The van der Waals surface area contributed by atoms with Crippen molar-refractivity contribution in [1.82, 2.24) is 9.80 Å². The van der Waals surface area contributed by atoms with E-state index in [1.165, 1.54) is 0 Å². The van der Waals surface area contributed by atoms with Gasteiger partial charge in [-0.3, -0.25) is 4.79 Å². The zero-order valence-corrected chi connectivity index (χ0v) is 18.6. The van der Waals surface area contributed by atoms with Crippen molar-refractivity contribution in [2.24, 2.45) is 0 Å². The third-order valence-corrected chi connectivity index (χ3v) is 6.14. The van der Waals surface area contributed by atoms with Gasteiger partial charge in [0.25, 0.3) is 5.91 Å². The summed E-state index contributed by atoms with van der Waals surface area (Å²) in [7, 11) is 4.01. The smallest absolute Gasteiger partial charge is 0.290 e. The van der Waals surface area contributed by atoms with Gasteiger partial charge in [-0.25, -0.2) is 0 Å². The van der Waals surface area contributed by atoms with Gasteiger partial charge in [-0.05, 0) is 51.2 Å². The van der Waals surface area contributed by atoms with E-state index in [4.69, 9.17) is 16.0 Å². The Hall–Kier alpha value is -2.50. The Labute approximate surface area is 182 Å². The summed E-state index contributed by atoms with van der Waals surface area (Å²) in [6.45, 7) is 5.76. The van der Waals surface area contributed by atoms with Crippen LogP contribution >= 0.6 is 11.6 Å². The minimum Gasteiger partial charge on any atom is -0.451 e. The summed E-state index contributed by atoms with van der Waals surface area (Å²) in [6.07, 6.45) is 0.904. The largest absolute Gasteiger partial charge is 0.451 e. The fourth-order valence-electron chi connectivity index (χ4n) is 4.19. The van der Waals surface area contributed by atoms with Crippen LogP contribution in [0, 0.1) is 6.92 Å². The molecule has 0 saturated carbocycles. The average Bonchev–Trinajstić information content (AvgIpc) is 2.91. The number of amides is 1. The van der Waals surface area contributed by atoms with Gasteiger partial charge in [0.1, 0.15) is 5.58 Å². The lowest BCUT2D eigenvalue weighted by Gasteiger charge is -2.25. The molecule has 6 heteroatoms. The highest BCUT2D eigenvalue weighted by Crippen LogP contribution is 2.30. The van der Waals surface area contributed by atoms with Crippen molar-refractivity contribution in [3.63, 3.8) is 0 Å². The van der Waals surface area contributed by atoms with Gasteiger partial charge in [0, 0.05) is 54.4 Å². The topological polar surface area (TPSA) is 39.9 Å². The van der Waals surface area contributed by atoms with Gasteiger partial charge in [-0.15, -0.1) is 0 Å². The molecule has 2 aromatic carbocycles. The van der Waals surface area contributed by atoms with Gasteiger partial charge in [0.2, 0.25) is 0 Å². The van der Waals surface area contributed by atoms with Crippen molar-refractivity contribution in [1.29, 1.82) is 0 Å². The van der Waals surface area contributed by atoms with Crippen LogP contribution in [0.5, 0.6) is 0 Å². The lowest BCUT2D eigenvalue weighted by molar-refractivity contribution is 0.0735. The molecule has 0 aliphatic carbocycles. The Morgan fingerprint density at radius 1 is 1.07 bits per heavy atom. The normalized spacial score (nSPS) is 15.1. The van der Waals surface area contributed by atoms with Crippen LogP contribution in [0.15, 0.2) is 46.9 Å². The van der Waals surface area contributed by atoms with E-state index in [2.05, 4.69) is 15.9 Å². The second kappa shape index (κ2) is 8.70. The van der Waals surface area contributed by atoms with Crippen molar-refractivity contribution >= 4 is 34.2 Å². The molecule has 0 unspecified atom stereocenters. The van der Waals surface area contributed by atoms with Crippen LogP contribution < -0.4 is 4.90 Å². The van der Waals surface area contributed by atoms with Crippen LogP contribution in [0.25, 0.3) is 11.0 Å². The highest BCUT2D eigenvalue weighted by Gasteiger charge is 2.27. The molecule has 0 N–H and O–H groups in total. The number of fused-ring (bicyclic) bond motifs is 1. The zero-order valence-electron chi connectivity index (χ0n) is 17.8. The molecule has 1 aliphatic heterocycles. The molecular weight excluding hydrogens is 398 g/mol. The van der Waals surface area contributed by atoms with Gasteiger partial charge in [-0.1, -0.05) is 35.9 Å². The Balaban J connectivity index is 1.58. The predicted octanol–water partition coefficient (Wildman–Crippen LogP) is 4.81. The Bertz CT molecular complexity index is 1060. The number of hydrogen-bond donors (Lipinski definition) is 0. The van der Waals surface area contributed by atoms with E-state index in [0.29, 0.717) is 25.4 Å². The first kappa shape index (κ1) is 20.8. The van der Waals surface area contributed by atoms with E-state index in [1.807, 2.05) is 62.3 Å². The van der Waals surface area contributed by atoms with Gasteiger partial charge in [0.15, 0.2) is 5.76 Å². The molecule has 1 amide bonds. The number of nitrogens with zero attached hydrogens (tertiary/aromatic N) is 3. The van der Waals surface area contributed by atoms with Crippen LogP contribution in [0.4, 0.5) is 5.69 Å². The van der Waals surface area contributed by atoms with Crippen LogP contribution in [0.1, 0.15) is 28.1 Å². The number of benzene rings is 2. The number of para-hydroxylation sites is 1. The van der Waals surface area contributed by atoms with Crippen molar-refractivity contribution in [2.75, 3.05) is 45.2 Å². The number of rotatable bonds is 4. The second-order valence-electron chi connectivity index (χ2n) is 8.16. The monoisotopic (exact) mass is 425 g/mol. The maximum atomic E-state index is 13.5. The average molecular weight is 426 g/mol. The molecule has 1 saturated heterocycles. The fraction of sp³-hybridized carbons (Fsp3) is 0.375. The van der Waals surface area contributed by atoms with Crippen molar-refractivity contribution in [3.8, 4) is 0 Å². The first-order valence-corrected chi connectivity index (χ1v) is 10.8. The van der Waals surface area contributed by atoms with E-state index < -0.39 is 0 Å². The Kier molecular flexibility index (Phi) is 6.02. The quantitative estimate of drug-likeness (QED) is 0.601. The van der Waals surface area contributed by atoms with Crippen molar-refractivity contribution in [3.05, 3.63) is 64.4 Å². The van der Waals surface area contributed by atoms with E-state index >= 15 is 0 Å². The van der Waals surface area contributed by atoms with Crippen LogP contribution in [0.3, 0.4) is 0 Å². The van der Waals surface area contributed by atoms with Crippen LogP contribution in [0.2, 0.25) is 5.02 Å². The summed E-state index contributed by atoms with van der Waals surface area (Å²) < 4.78 is 6.05. The van der Waals surface area contributed by atoms with Crippen LogP contribution in [-0.2, 0) is 6.54 Å². The van der Waals surface area contributed by atoms with Crippen molar-refractivity contribution in [2.45, 2.75) is 19.9 Å². The maximum Gasteiger partial charge on any atom is 0.290 e. The van der Waals surface area contributed by atoms with E-state index in [1.54, 1.807) is 0 Å². The van der Waals surface area contributed by atoms with Gasteiger partial charge < -0.3 is 19.1 Å². The van der Waals surface area contributed by atoms with Gasteiger partial charge in [-0.2, -0.15) is 0 Å². The molecule has 5 nitrogen and oxygen atoms in total. The van der Waals surface area contributed by atoms with Crippen LogP contribution in [-0.4, -0.2) is 56.0 Å². The molecule has 0 atom stereocenters. The molecule has 2 heterocycles.